The van der Waals surface area contributed by atoms with Crippen LogP contribution in [-0.4, -0.2) is 59.7 Å². The summed E-state index contributed by atoms with van der Waals surface area (Å²) in [7, 11) is 1.18. The van der Waals surface area contributed by atoms with E-state index in [1.54, 1.807) is 0 Å². The number of hydrogen-bond donors (Lipinski definition) is 1. The molecule has 31 heavy (non-hydrogen) atoms. The second-order valence-electron chi connectivity index (χ2n) is 5.36. The molecule has 2 rings (SSSR count). The highest BCUT2D eigenvalue weighted by Crippen LogP contribution is 2.18. The van der Waals surface area contributed by atoms with E-state index in [1.165, 1.54) is 19.2 Å². The van der Waals surface area contributed by atoms with Gasteiger partial charge in [-0.15, -0.1) is 0 Å². The smallest absolute Gasteiger partial charge is 0.422 e. The highest BCUT2D eigenvalue weighted by Gasteiger charge is 2.29. The van der Waals surface area contributed by atoms with Crippen LogP contribution in [0, 0.1) is 0 Å². The third kappa shape index (κ3) is 10.7. The average Bonchev–Trinajstić information content (AvgIpc) is 2.70. The summed E-state index contributed by atoms with van der Waals surface area (Å²) in [6.45, 7) is -2.83. The molecule has 2 aromatic rings. The number of aromatic carboxylic acids is 1. The van der Waals surface area contributed by atoms with Crippen LogP contribution in [0.15, 0.2) is 36.7 Å². The lowest BCUT2D eigenvalue weighted by Gasteiger charge is -2.08. The molecule has 170 valence electrons. The van der Waals surface area contributed by atoms with Gasteiger partial charge in [-0.25, -0.2) is 19.6 Å². The van der Waals surface area contributed by atoms with Gasteiger partial charge in [0.1, 0.15) is 22.9 Å². The molecule has 0 spiro atoms. The third-order valence-electron chi connectivity index (χ3n) is 2.89. The number of aromatic nitrogens is 2. The number of esters is 1. The fourth-order valence-corrected chi connectivity index (χ4v) is 1.61. The van der Waals surface area contributed by atoms with E-state index >= 15 is 0 Å². The summed E-state index contributed by atoms with van der Waals surface area (Å²) in [4.78, 5) is 28.3. The number of pyridine rings is 2. The van der Waals surface area contributed by atoms with E-state index in [1.807, 2.05) is 0 Å². The number of rotatable bonds is 6. The maximum absolute atomic E-state index is 11.8. The quantitative estimate of drug-likeness (QED) is 0.520. The van der Waals surface area contributed by atoms with Gasteiger partial charge < -0.3 is 19.3 Å². The number of carboxylic acids is 1. The van der Waals surface area contributed by atoms with Crippen LogP contribution < -0.4 is 9.47 Å². The van der Waals surface area contributed by atoms with Gasteiger partial charge in [-0.1, -0.05) is 0 Å². The maximum Gasteiger partial charge on any atom is 0.422 e. The van der Waals surface area contributed by atoms with Gasteiger partial charge in [-0.3, -0.25) is 0 Å². The number of halogens is 6. The van der Waals surface area contributed by atoms with Gasteiger partial charge >= 0.3 is 24.3 Å². The number of alkyl halides is 6. The van der Waals surface area contributed by atoms with Crippen molar-refractivity contribution in [3.05, 3.63) is 48.0 Å². The Hall–Kier alpha value is -3.58. The second-order valence-corrected chi connectivity index (χ2v) is 5.36. The first-order chi connectivity index (χ1) is 14.3. The lowest BCUT2D eigenvalue weighted by molar-refractivity contribution is -0.154. The summed E-state index contributed by atoms with van der Waals surface area (Å²) in [6.07, 6.45) is -6.88. The van der Waals surface area contributed by atoms with E-state index in [9.17, 15) is 35.9 Å². The fourth-order valence-electron chi connectivity index (χ4n) is 1.61. The molecule has 0 aromatic carbocycles. The number of methoxy groups -OCH3 is 1. The van der Waals surface area contributed by atoms with E-state index in [-0.39, 0.29) is 22.9 Å². The molecular weight excluding hydrogens is 442 g/mol. The molecule has 0 amide bonds. The minimum atomic E-state index is -4.43. The molecule has 0 aliphatic carbocycles. The lowest BCUT2D eigenvalue weighted by Crippen LogP contribution is -2.19. The molecule has 0 atom stereocenters. The van der Waals surface area contributed by atoms with E-state index in [2.05, 4.69) is 24.2 Å². The van der Waals surface area contributed by atoms with Crippen molar-refractivity contribution in [2.24, 2.45) is 0 Å². The van der Waals surface area contributed by atoms with E-state index in [0.717, 1.165) is 24.5 Å². The van der Waals surface area contributed by atoms with Crippen molar-refractivity contribution >= 4 is 11.9 Å². The second kappa shape index (κ2) is 11.0. The molecule has 0 bridgehead atoms. The first kappa shape index (κ1) is 25.5. The molecule has 0 fully saturated rings. The van der Waals surface area contributed by atoms with Crippen molar-refractivity contribution in [2.75, 3.05) is 20.3 Å². The zero-order chi connectivity index (χ0) is 23.7. The summed E-state index contributed by atoms with van der Waals surface area (Å²) in [6, 6.07) is 4.61. The van der Waals surface area contributed by atoms with Gasteiger partial charge in [0.2, 0.25) is 0 Å². The number of carbonyl (C=O) groups excluding carboxylic acids is 1. The SMILES string of the molecule is COC(=O)c1ccc(OCC(F)(F)F)cn1.O=C(O)c1ccc(OCC(F)(F)F)cn1. The van der Waals surface area contributed by atoms with Crippen molar-refractivity contribution in [1.82, 2.24) is 9.97 Å². The summed E-state index contributed by atoms with van der Waals surface area (Å²) in [5.41, 5.74) is -0.254. The lowest BCUT2D eigenvalue weighted by atomic mass is 10.3. The Balaban J connectivity index is 0.000000311. The molecule has 0 radical (unpaired) electrons. The van der Waals surface area contributed by atoms with Crippen molar-refractivity contribution in [2.45, 2.75) is 12.4 Å². The molecule has 0 unspecified atom stereocenters. The Morgan fingerprint density at radius 1 is 0.839 bits per heavy atom. The predicted octanol–water partition coefficient (Wildman–Crippen LogP) is 3.53. The maximum atomic E-state index is 11.8. The van der Waals surface area contributed by atoms with Crippen LogP contribution >= 0.6 is 0 Å². The van der Waals surface area contributed by atoms with Crippen LogP contribution in [0.25, 0.3) is 0 Å². The summed E-state index contributed by atoms with van der Waals surface area (Å²) in [5.74, 6) is -2.11. The number of nitrogens with zero attached hydrogens (tertiary/aromatic N) is 2. The normalized spacial score (nSPS) is 11.1. The average molecular weight is 456 g/mol. The van der Waals surface area contributed by atoms with E-state index < -0.39 is 37.5 Å². The van der Waals surface area contributed by atoms with Crippen molar-refractivity contribution < 1.29 is 55.2 Å². The standard InChI is InChI=1S/C9H8F3NO3.C8H6F3NO3/c1-15-8(14)7-3-2-6(4-13-7)16-5-9(10,11)12;9-8(10,11)4-15-5-1-2-6(7(13)14)12-3-5/h2-4H,5H2,1H3;1-3H,4H2,(H,13,14). The van der Waals surface area contributed by atoms with Gasteiger partial charge in [0.05, 0.1) is 19.5 Å². The Morgan fingerprint density at radius 3 is 1.55 bits per heavy atom. The van der Waals surface area contributed by atoms with Crippen molar-refractivity contribution in [3.63, 3.8) is 0 Å². The van der Waals surface area contributed by atoms with Gasteiger partial charge in [-0.05, 0) is 24.3 Å². The van der Waals surface area contributed by atoms with Crippen LogP contribution in [0.2, 0.25) is 0 Å². The molecule has 2 heterocycles. The predicted molar refractivity (Wildman–Crippen MR) is 89.9 cm³/mol. The van der Waals surface area contributed by atoms with E-state index in [4.69, 9.17) is 5.11 Å². The van der Waals surface area contributed by atoms with Gasteiger partial charge in [0.25, 0.3) is 0 Å². The molecule has 8 nitrogen and oxygen atoms in total. The summed E-state index contributed by atoms with van der Waals surface area (Å²) in [5, 5.41) is 8.45. The number of hydrogen-bond acceptors (Lipinski definition) is 7. The monoisotopic (exact) mass is 456 g/mol. The molecule has 0 saturated heterocycles. The van der Waals surface area contributed by atoms with Crippen LogP contribution in [0.3, 0.4) is 0 Å². The minimum Gasteiger partial charge on any atom is -0.483 e. The zero-order valence-corrected chi connectivity index (χ0v) is 15.5. The van der Waals surface area contributed by atoms with Crippen LogP contribution in [0.1, 0.15) is 21.0 Å². The Bertz CT molecular complexity index is 853. The molecule has 0 aliphatic rings. The largest absolute Gasteiger partial charge is 0.483 e. The molecule has 0 saturated carbocycles. The highest BCUT2D eigenvalue weighted by atomic mass is 19.4. The number of carboxylic acid groups (broad SMARTS) is 1. The van der Waals surface area contributed by atoms with Crippen LogP contribution in [0.5, 0.6) is 11.5 Å². The fraction of sp³-hybridized carbons (Fsp3) is 0.294. The Labute approximate surface area is 170 Å². The first-order valence-corrected chi connectivity index (χ1v) is 7.93. The van der Waals surface area contributed by atoms with Gasteiger partial charge in [0.15, 0.2) is 13.2 Å². The topological polar surface area (TPSA) is 108 Å². The summed E-state index contributed by atoms with van der Waals surface area (Å²) >= 11 is 0. The number of carbonyl (C=O) groups is 2. The van der Waals surface area contributed by atoms with Crippen LogP contribution in [-0.2, 0) is 4.74 Å². The molecule has 14 heteroatoms. The van der Waals surface area contributed by atoms with Crippen LogP contribution in [0.4, 0.5) is 26.3 Å². The molecule has 1 N–H and O–H groups in total. The Kier molecular flexibility index (Phi) is 9.02. The minimum absolute atomic E-state index is 0.00172. The first-order valence-electron chi connectivity index (χ1n) is 7.93. The molecule has 2 aromatic heterocycles. The highest BCUT2D eigenvalue weighted by molar-refractivity contribution is 5.87. The molecule has 0 aliphatic heterocycles. The third-order valence-corrected chi connectivity index (χ3v) is 2.89. The van der Waals surface area contributed by atoms with Gasteiger partial charge in [0, 0.05) is 0 Å². The molecular formula is C17H14F6N2O6. The van der Waals surface area contributed by atoms with Crippen molar-refractivity contribution in [1.29, 1.82) is 0 Å². The number of ether oxygens (including phenoxy) is 3. The van der Waals surface area contributed by atoms with Gasteiger partial charge in [-0.2, -0.15) is 26.3 Å². The van der Waals surface area contributed by atoms with E-state index in [0.29, 0.717) is 0 Å². The van der Waals surface area contributed by atoms with Crippen molar-refractivity contribution in [3.8, 4) is 11.5 Å². The zero-order valence-electron chi connectivity index (χ0n) is 15.5. The summed E-state index contributed by atoms with van der Waals surface area (Å²) < 4.78 is 83.6. The Morgan fingerprint density at radius 2 is 1.26 bits per heavy atom.